The lowest BCUT2D eigenvalue weighted by Gasteiger charge is -2.69. The van der Waals surface area contributed by atoms with Gasteiger partial charge in [0.25, 0.3) is 0 Å². The maximum absolute atomic E-state index is 14.4. The van der Waals surface area contributed by atoms with Crippen LogP contribution in [0, 0.1) is 56.7 Å². The van der Waals surface area contributed by atoms with Gasteiger partial charge in [0, 0.05) is 25.7 Å². The van der Waals surface area contributed by atoms with Crippen LogP contribution in [0.5, 0.6) is 0 Å². The van der Waals surface area contributed by atoms with Crippen LogP contribution in [-0.4, -0.2) is 55.2 Å². The van der Waals surface area contributed by atoms with Gasteiger partial charge < -0.3 is 20.1 Å². The van der Waals surface area contributed by atoms with Gasteiger partial charge in [-0.25, -0.2) is 0 Å². The number of ketones is 1. The van der Waals surface area contributed by atoms with Gasteiger partial charge in [-0.05, 0) is 135 Å². The van der Waals surface area contributed by atoms with Crippen LogP contribution in [-0.2, 0) is 31.1 Å². The second kappa shape index (κ2) is 15.1. The molecule has 3 fully saturated rings. The molecule has 8 atom stereocenters. The first-order chi connectivity index (χ1) is 26.3. The average molecular weight is 769 g/mol. The van der Waals surface area contributed by atoms with E-state index in [1.807, 2.05) is 6.92 Å². The Morgan fingerprint density at radius 2 is 1.84 bits per heavy atom. The molecule has 2 aromatic rings. The highest BCUT2D eigenvalue weighted by Gasteiger charge is 2.68. The SMILES string of the molecule is CC[C@H](CC[C@@]1(C)[C@H](C)CC[C@]2(C)[C@@H]1CC[C@@H]1C3=C(C(C)C)C(=O)C[C@]3(c3nnc(-c4ccc(C#N)cn4)n3CCN)CC[C@]12C)OC(=O)CC(C)(C)C(=O)O. The number of aromatic nitrogens is 4. The Bertz CT molecular complexity index is 1930. The van der Waals surface area contributed by atoms with Crippen molar-refractivity contribution in [2.45, 2.75) is 151 Å². The lowest BCUT2D eigenvalue weighted by Crippen LogP contribution is -2.62. The minimum absolute atomic E-state index is 0.0104. The van der Waals surface area contributed by atoms with Crippen LogP contribution < -0.4 is 5.73 Å². The van der Waals surface area contributed by atoms with Gasteiger partial charge in [-0.3, -0.25) is 19.4 Å². The number of carboxylic acids is 1. The van der Waals surface area contributed by atoms with Gasteiger partial charge in [0.05, 0.1) is 22.8 Å². The van der Waals surface area contributed by atoms with Crippen molar-refractivity contribution in [1.82, 2.24) is 19.7 Å². The predicted octanol–water partition coefficient (Wildman–Crippen LogP) is 8.21. The summed E-state index contributed by atoms with van der Waals surface area (Å²) in [6.07, 6.45) is 9.94. The standard InChI is InChI=1S/C45H64N6O5/c1-10-30(56-35(53)24-41(5,6)40(54)55)16-17-42(7)28(4)15-18-44(9)34(42)14-12-31-37-36(27(2)3)33(52)23-45(37,20-19-43(31,44)8)39-50-49-38(51(39)22-21-46)32-13-11-29(25-47)26-48-32/h11,13,26-28,30-31,34H,10,12,14-24,46H2,1-9H3,(H,54,55)/t28-,30-,31-,34-,42+,43-,44-,45-/m1/s1. The van der Waals surface area contributed by atoms with Gasteiger partial charge in [0.2, 0.25) is 0 Å². The van der Waals surface area contributed by atoms with E-state index in [1.165, 1.54) is 5.57 Å². The summed E-state index contributed by atoms with van der Waals surface area (Å²) in [5.41, 5.74) is 7.83. The largest absolute Gasteiger partial charge is 0.481 e. The smallest absolute Gasteiger partial charge is 0.309 e. The summed E-state index contributed by atoms with van der Waals surface area (Å²) in [4.78, 5) is 43.6. The van der Waals surface area contributed by atoms with Gasteiger partial charge in [-0.1, -0.05) is 48.5 Å². The van der Waals surface area contributed by atoms with Gasteiger partial charge in [0.1, 0.15) is 23.7 Å². The first-order valence-corrected chi connectivity index (χ1v) is 21.0. The van der Waals surface area contributed by atoms with Crippen LogP contribution in [0.2, 0.25) is 0 Å². The zero-order valence-corrected chi connectivity index (χ0v) is 35.2. The van der Waals surface area contributed by atoms with Crippen molar-refractivity contribution in [2.75, 3.05) is 6.54 Å². The summed E-state index contributed by atoms with van der Waals surface area (Å²) in [7, 11) is 0. The van der Waals surface area contributed by atoms with Crippen LogP contribution >= 0.6 is 0 Å². The van der Waals surface area contributed by atoms with E-state index >= 15 is 0 Å². The summed E-state index contributed by atoms with van der Waals surface area (Å²) in [5, 5.41) is 28.6. The van der Waals surface area contributed by atoms with Gasteiger partial charge in [-0.15, -0.1) is 10.2 Å². The third kappa shape index (κ3) is 6.61. The zero-order valence-electron chi connectivity index (χ0n) is 35.2. The van der Waals surface area contributed by atoms with Crippen molar-refractivity contribution in [3.63, 3.8) is 0 Å². The average Bonchev–Trinajstić information content (AvgIpc) is 3.71. The Balaban J connectivity index is 1.35. The number of carbonyl (C=O) groups is 3. The Hall–Kier alpha value is -3.91. The summed E-state index contributed by atoms with van der Waals surface area (Å²) in [5.74, 6) is 1.41. The number of fused-ring (bicyclic) bond motifs is 5. The molecule has 4 aliphatic carbocycles. The number of carboxylic acid groups (broad SMARTS) is 1. The van der Waals surface area contributed by atoms with Crippen LogP contribution in [0.25, 0.3) is 11.5 Å². The molecule has 0 aliphatic heterocycles. The maximum atomic E-state index is 14.4. The zero-order chi connectivity index (χ0) is 41.0. The second-order valence-corrected chi connectivity index (χ2v) is 19.4. The highest BCUT2D eigenvalue weighted by Crippen LogP contribution is 2.74. The molecular weight excluding hydrogens is 705 g/mol. The number of nitrogens with two attached hydrogens (primary N) is 1. The maximum Gasteiger partial charge on any atom is 0.309 e. The Labute approximate surface area is 333 Å². The van der Waals surface area contributed by atoms with Crippen LogP contribution in [0.3, 0.4) is 0 Å². The first kappa shape index (κ1) is 41.7. The number of hydrogen-bond donors (Lipinski definition) is 2. The first-order valence-electron chi connectivity index (χ1n) is 21.0. The molecule has 0 saturated heterocycles. The molecule has 2 heterocycles. The fraction of sp³-hybridized carbons (Fsp3) is 0.711. The molecule has 6 rings (SSSR count). The number of Topliss-reactive ketones (excluding diaryl/α,β-unsaturated/α-hetero) is 1. The van der Waals surface area contributed by atoms with Crippen molar-refractivity contribution in [3.05, 3.63) is 40.9 Å². The molecule has 11 heteroatoms. The molecule has 0 radical (unpaired) electrons. The van der Waals surface area contributed by atoms with E-state index in [9.17, 15) is 24.8 Å². The fourth-order valence-electron chi connectivity index (χ4n) is 12.1. The van der Waals surface area contributed by atoms with Crippen molar-refractivity contribution >= 4 is 17.7 Å². The Kier molecular flexibility index (Phi) is 11.3. The molecule has 2 aromatic heterocycles. The molecule has 3 N–H and O–H groups in total. The number of nitrogens with zero attached hydrogens (tertiary/aromatic N) is 5. The van der Waals surface area contributed by atoms with Crippen molar-refractivity contribution in [3.8, 4) is 17.6 Å². The van der Waals surface area contributed by atoms with Gasteiger partial charge >= 0.3 is 11.9 Å². The highest BCUT2D eigenvalue weighted by molar-refractivity contribution is 6.01. The van der Waals surface area contributed by atoms with Crippen molar-refractivity contribution < 1.29 is 24.2 Å². The molecule has 0 bridgehead atoms. The molecule has 304 valence electrons. The Morgan fingerprint density at radius 3 is 2.45 bits per heavy atom. The summed E-state index contributed by atoms with van der Waals surface area (Å²) >= 11 is 0. The molecule has 4 aliphatic rings. The van der Waals surface area contributed by atoms with Crippen LogP contribution in [0.1, 0.15) is 144 Å². The third-order valence-electron chi connectivity index (χ3n) is 15.7. The molecule has 0 amide bonds. The quantitative estimate of drug-likeness (QED) is 0.189. The predicted molar refractivity (Wildman–Crippen MR) is 214 cm³/mol. The van der Waals surface area contributed by atoms with E-state index in [4.69, 9.17) is 20.7 Å². The van der Waals surface area contributed by atoms with Crippen LogP contribution in [0.4, 0.5) is 0 Å². The molecule has 0 spiro atoms. The number of ether oxygens (including phenoxy) is 1. The highest BCUT2D eigenvalue weighted by atomic mass is 16.5. The molecule has 0 aromatic carbocycles. The van der Waals surface area contributed by atoms with Crippen molar-refractivity contribution in [1.29, 1.82) is 5.26 Å². The van der Waals surface area contributed by atoms with E-state index in [1.54, 1.807) is 32.2 Å². The topological polar surface area (TPSA) is 174 Å². The third-order valence-corrected chi connectivity index (χ3v) is 15.7. The number of carbonyl (C=O) groups excluding carboxylic acids is 2. The van der Waals surface area contributed by atoms with E-state index in [0.717, 1.165) is 62.8 Å². The number of aliphatic carboxylic acids is 1. The normalized spacial score (nSPS) is 32.0. The van der Waals surface area contributed by atoms with Crippen molar-refractivity contribution in [2.24, 2.45) is 51.1 Å². The van der Waals surface area contributed by atoms with E-state index < -0.39 is 22.8 Å². The van der Waals surface area contributed by atoms with E-state index in [2.05, 4.69) is 57.2 Å². The van der Waals surface area contributed by atoms with E-state index in [0.29, 0.717) is 54.8 Å². The minimum atomic E-state index is -1.17. The number of esters is 1. The monoisotopic (exact) mass is 768 g/mol. The number of hydrogen-bond acceptors (Lipinski definition) is 9. The fourth-order valence-corrected chi connectivity index (χ4v) is 12.1. The molecule has 3 saturated carbocycles. The number of nitriles is 1. The lowest BCUT2D eigenvalue weighted by atomic mass is 9.35. The summed E-state index contributed by atoms with van der Waals surface area (Å²) in [6.45, 7) is 20.3. The number of allylic oxidation sites excluding steroid dienone is 2. The van der Waals surface area contributed by atoms with Crippen LogP contribution in [0.15, 0.2) is 29.5 Å². The Morgan fingerprint density at radius 1 is 1.11 bits per heavy atom. The molecule has 11 nitrogen and oxygen atoms in total. The molecule has 0 unspecified atom stereocenters. The number of rotatable bonds is 13. The van der Waals surface area contributed by atoms with Gasteiger partial charge in [-0.2, -0.15) is 5.26 Å². The minimum Gasteiger partial charge on any atom is -0.481 e. The van der Waals surface area contributed by atoms with E-state index in [-0.39, 0.29) is 46.4 Å². The number of pyridine rings is 1. The molecular formula is C45H64N6O5. The van der Waals surface area contributed by atoms with Gasteiger partial charge in [0.15, 0.2) is 11.6 Å². The molecule has 56 heavy (non-hydrogen) atoms. The second-order valence-electron chi connectivity index (χ2n) is 19.4. The lowest BCUT2D eigenvalue weighted by molar-refractivity contribution is -0.184. The summed E-state index contributed by atoms with van der Waals surface area (Å²) in [6, 6.07) is 5.69. The summed E-state index contributed by atoms with van der Waals surface area (Å²) < 4.78 is 8.06.